The summed E-state index contributed by atoms with van der Waals surface area (Å²) in [5.41, 5.74) is 0.0615. The van der Waals surface area contributed by atoms with Crippen LogP contribution in [0.1, 0.15) is 33.1 Å². The molecule has 94 valence electrons. The summed E-state index contributed by atoms with van der Waals surface area (Å²) in [6.07, 6.45) is 3.76. The van der Waals surface area contributed by atoms with Crippen LogP contribution >= 0.6 is 0 Å². The molecule has 3 heteroatoms. The van der Waals surface area contributed by atoms with E-state index in [9.17, 15) is 5.11 Å². The minimum atomic E-state index is 0.0615. The Morgan fingerprint density at radius 2 is 2.06 bits per heavy atom. The van der Waals surface area contributed by atoms with Crippen molar-refractivity contribution in [2.75, 3.05) is 32.8 Å². The summed E-state index contributed by atoms with van der Waals surface area (Å²) in [4.78, 5) is 2.57. The minimum Gasteiger partial charge on any atom is -0.396 e. The van der Waals surface area contributed by atoms with Crippen LogP contribution in [0.3, 0.4) is 0 Å². The van der Waals surface area contributed by atoms with Gasteiger partial charge in [0.1, 0.15) is 0 Å². The number of nitrogens with zero attached hydrogens (tertiary/aromatic N) is 1. The Balaban J connectivity index is 1.82. The molecule has 0 aliphatic carbocycles. The summed E-state index contributed by atoms with van der Waals surface area (Å²) in [7, 11) is 0. The Morgan fingerprint density at radius 1 is 1.38 bits per heavy atom. The van der Waals surface area contributed by atoms with Crippen molar-refractivity contribution in [2.24, 2.45) is 11.3 Å². The molecule has 3 saturated heterocycles. The monoisotopic (exact) mass is 226 g/mol. The molecule has 0 aromatic heterocycles. The quantitative estimate of drug-likeness (QED) is 0.736. The highest BCUT2D eigenvalue weighted by Gasteiger charge is 2.34. The molecule has 3 fully saturated rings. The van der Waals surface area contributed by atoms with Crippen LogP contribution in [0.5, 0.6) is 0 Å². The van der Waals surface area contributed by atoms with Crippen LogP contribution in [0.2, 0.25) is 0 Å². The van der Waals surface area contributed by atoms with Gasteiger partial charge in [0.15, 0.2) is 0 Å². The van der Waals surface area contributed by atoms with Gasteiger partial charge in [-0.15, -0.1) is 0 Å². The Bertz CT molecular complexity index is 220. The maximum Gasteiger partial charge on any atom is 0.0496 e. The van der Waals surface area contributed by atoms with Crippen molar-refractivity contribution < 1.29 is 5.11 Å². The minimum absolute atomic E-state index is 0.0615. The standard InChI is InChI=1S/C13H26N2O/c1-3-13(2,10-16)9-14-12-8-15-6-4-11(12)5-7-15/h11-12,14,16H,3-10H2,1-2H3. The number of piperidine rings is 3. The van der Waals surface area contributed by atoms with E-state index in [2.05, 4.69) is 24.1 Å². The van der Waals surface area contributed by atoms with Crippen LogP contribution in [-0.2, 0) is 0 Å². The second-order valence-corrected chi connectivity index (χ2v) is 5.95. The molecule has 16 heavy (non-hydrogen) atoms. The van der Waals surface area contributed by atoms with Crippen LogP contribution in [0.15, 0.2) is 0 Å². The Kier molecular flexibility index (Phi) is 3.88. The highest BCUT2D eigenvalue weighted by molar-refractivity contribution is 4.92. The molecule has 3 rings (SSSR count). The summed E-state index contributed by atoms with van der Waals surface area (Å²) in [6.45, 7) is 9.39. The van der Waals surface area contributed by atoms with Crippen molar-refractivity contribution in [3.8, 4) is 0 Å². The van der Waals surface area contributed by atoms with E-state index in [1.54, 1.807) is 0 Å². The van der Waals surface area contributed by atoms with E-state index in [0.717, 1.165) is 18.9 Å². The first-order valence-corrected chi connectivity index (χ1v) is 6.73. The van der Waals surface area contributed by atoms with Crippen LogP contribution in [0, 0.1) is 11.3 Å². The van der Waals surface area contributed by atoms with Gasteiger partial charge in [0.25, 0.3) is 0 Å². The highest BCUT2D eigenvalue weighted by atomic mass is 16.3. The zero-order valence-corrected chi connectivity index (χ0v) is 10.7. The van der Waals surface area contributed by atoms with E-state index >= 15 is 0 Å². The van der Waals surface area contributed by atoms with Gasteiger partial charge in [-0.2, -0.15) is 0 Å². The van der Waals surface area contributed by atoms with Gasteiger partial charge >= 0.3 is 0 Å². The Morgan fingerprint density at radius 3 is 2.50 bits per heavy atom. The molecule has 0 spiro atoms. The number of nitrogens with one attached hydrogen (secondary N) is 1. The molecule has 0 radical (unpaired) electrons. The van der Waals surface area contributed by atoms with Crippen LogP contribution in [-0.4, -0.2) is 48.8 Å². The van der Waals surface area contributed by atoms with Crippen LogP contribution in [0.4, 0.5) is 0 Å². The lowest BCUT2D eigenvalue weighted by Gasteiger charge is -2.46. The fraction of sp³-hybridized carbons (Fsp3) is 1.00. The predicted octanol–water partition coefficient (Wildman–Crippen LogP) is 1.08. The number of rotatable bonds is 5. The molecule has 0 aromatic carbocycles. The lowest BCUT2D eigenvalue weighted by atomic mass is 9.82. The maximum atomic E-state index is 9.40. The predicted molar refractivity (Wildman–Crippen MR) is 66.4 cm³/mol. The summed E-state index contributed by atoms with van der Waals surface area (Å²) in [5.74, 6) is 0.879. The Labute approximate surface area is 99.2 Å². The number of aliphatic hydroxyl groups excluding tert-OH is 1. The molecule has 2 atom stereocenters. The largest absolute Gasteiger partial charge is 0.396 e. The first-order valence-electron chi connectivity index (χ1n) is 6.73. The van der Waals surface area contributed by atoms with Gasteiger partial charge in [0.05, 0.1) is 0 Å². The average molecular weight is 226 g/mol. The number of hydrogen-bond donors (Lipinski definition) is 2. The van der Waals surface area contributed by atoms with E-state index in [4.69, 9.17) is 0 Å². The van der Waals surface area contributed by atoms with Gasteiger partial charge in [0.2, 0.25) is 0 Å². The molecule has 3 heterocycles. The average Bonchev–Trinajstić information content (AvgIpc) is 2.37. The van der Waals surface area contributed by atoms with Crippen molar-refractivity contribution in [1.29, 1.82) is 0 Å². The second-order valence-electron chi connectivity index (χ2n) is 5.95. The van der Waals surface area contributed by atoms with Gasteiger partial charge in [-0.3, -0.25) is 0 Å². The topological polar surface area (TPSA) is 35.5 Å². The summed E-state index contributed by atoms with van der Waals surface area (Å²) in [6, 6.07) is 0.667. The fourth-order valence-corrected chi connectivity index (χ4v) is 2.87. The van der Waals surface area contributed by atoms with E-state index in [1.807, 2.05) is 0 Å². The molecule has 3 nitrogen and oxygen atoms in total. The second kappa shape index (κ2) is 5.03. The molecule has 0 saturated carbocycles. The molecule has 0 aromatic rings. The molecular weight excluding hydrogens is 200 g/mol. The van der Waals surface area contributed by atoms with Crippen molar-refractivity contribution in [3.63, 3.8) is 0 Å². The summed E-state index contributed by atoms with van der Waals surface area (Å²) < 4.78 is 0. The lowest BCUT2D eigenvalue weighted by molar-refractivity contribution is 0.0585. The molecule has 2 N–H and O–H groups in total. The first kappa shape index (κ1) is 12.3. The van der Waals surface area contributed by atoms with Gasteiger partial charge < -0.3 is 15.3 Å². The van der Waals surface area contributed by atoms with Crippen molar-refractivity contribution >= 4 is 0 Å². The number of fused-ring (bicyclic) bond motifs is 3. The molecular formula is C13H26N2O. The summed E-state index contributed by atoms with van der Waals surface area (Å²) >= 11 is 0. The maximum absolute atomic E-state index is 9.40. The van der Waals surface area contributed by atoms with Crippen molar-refractivity contribution in [2.45, 2.75) is 39.2 Å². The normalized spacial score (nSPS) is 37.3. The molecule has 3 aliphatic rings. The van der Waals surface area contributed by atoms with Crippen molar-refractivity contribution in [3.05, 3.63) is 0 Å². The van der Waals surface area contributed by atoms with Gasteiger partial charge in [0, 0.05) is 31.2 Å². The van der Waals surface area contributed by atoms with Crippen LogP contribution in [0.25, 0.3) is 0 Å². The third-order valence-corrected chi connectivity index (χ3v) is 4.68. The van der Waals surface area contributed by atoms with Crippen LogP contribution < -0.4 is 5.32 Å². The third-order valence-electron chi connectivity index (χ3n) is 4.68. The molecule has 2 unspecified atom stereocenters. The van der Waals surface area contributed by atoms with E-state index < -0.39 is 0 Å². The molecule has 3 aliphatic heterocycles. The zero-order valence-electron chi connectivity index (χ0n) is 10.7. The number of aliphatic hydroxyl groups is 1. The third kappa shape index (κ3) is 2.58. The fourth-order valence-electron chi connectivity index (χ4n) is 2.87. The van der Waals surface area contributed by atoms with Gasteiger partial charge in [-0.25, -0.2) is 0 Å². The Hall–Kier alpha value is -0.120. The smallest absolute Gasteiger partial charge is 0.0496 e. The lowest BCUT2D eigenvalue weighted by Crippen LogP contribution is -2.57. The SMILES string of the molecule is CCC(C)(CO)CNC1CN2CCC1CC2. The van der Waals surface area contributed by atoms with E-state index in [0.29, 0.717) is 6.04 Å². The zero-order chi connectivity index (χ0) is 11.6. The molecule has 2 bridgehead atoms. The van der Waals surface area contributed by atoms with Crippen molar-refractivity contribution in [1.82, 2.24) is 10.2 Å². The molecule has 0 amide bonds. The van der Waals surface area contributed by atoms with E-state index in [1.165, 1.54) is 32.5 Å². The van der Waals surface area contributed by atoms with Gasteiger partial charge in [-0.05, 0) is 38.3 Å². The van der Waals surface area contributed by atoms with Gasteiger partial charge in [-0.1, -0.05) is 13.8 Å². The highest BCUT2D eigenvalue weighted by Crippen LogP contribution is 2.28. The number of hydrogen-bond acceptors (Lipinski definition) is 3. The van der Waals surface area contributed by atoms with E-state index in [-0.39, 0.29) is 12.0 Å². The first-order chi connectivity index (χ1) is 7.67. The summed E-state index contributed by atoms with van der Waals surface area (Å²) in [5, 5.41) is 13.1.